The summed E-state index contributed by atoms with van der Waals surface area (Å²) in [7, 11) is -1.65. The van der Waals surface area contributed by atoms with E-state index in [4.69, 9.17) is 0 Å². The molecule has 8 heteroatoms. The third-order valence-electron chi connectivity index (χ3n) is 4.87. The van der Waals surface area contributed by atoms with Gasteiger partial charge in [-0.05, 0) is 35.6 Å². The Kier molecular flexibility index (Phi) is 8.26. The lowest BCUT2D eigenvalue weighted by Gasteiger charge is -2.18. The number of amides is 1. The fraction of sp³-hybridized carbons (Fsp3) is 0.167. The topological polar surface area (TPSA) is 119 Å². The molecule has 0 aliphatic rings. The second-order valence-electron chi connectivity index (χ2n) is 7.28. The highest BCUT2D eigenvalue weighted by Gasteiger charge is 2.25. The Morgan fingerprint density at radius 1 is 1.12 bits per heavy atom. The molecule has 1 aromatic heterocycles. The lowest BCUT2D eigenvalue weighted by Crippen LogP contribution is -2.47. The molecule has 32 heavy (non-hydrogen) atoms. The molecular weight excluding hydrogens is 403 g/mol. The fourth-order valence-corrected chi connectivity index (χ4v) is 3.24. The first-order valence-corrected chi connectivity index (χ1v) is 10.2. The summed E-state index contributed by atoms with van der Waals surface area (Å²) < 4.78 is 0. The van der Waals surface area contributed by atoms with Crippen molar-refractivity contribution in [3.8, 4) is 6.07 Å². The summed E-state index contributed by atoms with van der Waals surface area (Å²) in [5, 5.41) is 31.4. The first-order chi connectivity index (χ1) is 15.5. The number of aromatic nitrogens is 2. The van der Waals surface area contributed by atoms with Crippen LogP contribution in [0.3, 0.4) is 0 Å². The molecule has 1 unspecified atom stereocenters. The maximum absolute atomic E-state index is 12.4. The van der Waals surface area contributed by atoms with Crippen LogP contribution in [0.1, 0.15) is 28.8 Å². The van der Waals surface area contributed by atoms with E-state index in [1.54, 1.807) is 12.3 Å². The van der Waals surface area contributed by atoms with Crippen LogP contribution in [0.5, 0.6) is 0 Å². The minimum Gasteiger partial charge on any atom is -0.426 e. The van der Waals surface area contributed by atoms with Gasteiger partial charge in [-0.15, -0.1) is 0 Å². The Balaban J connectivity index is 1.61. The van der Waals surface area contributed by atoms with Crippen molar-refractivity contribution in [1.29, 1.82) is 5.26 Å². The van der Waals surface area contributed by atoms with Gasteiger partial charge in [-0.1, -0.05) is 54.6 Å². The zero-order valence-corrected chi connectivity index (χ0v) is 17.4. The van der Waals surface area contributed by atoms with E-state index in [0.29, 0.717) is 24.1 Å². The van der Waals surface area contributed by atoms with Crippen molar-refractivity contribution in [2.24, 2.45) is 0 Å². The number of hydrogen-bond donors (Lipinski definition) is 3. The van der Waals surface area contributed by atoms with E-state index in [9.17, 15) is 20.1 Å². The summed E-state index contributed by atoms with van der Waals surface area (Å²) in [5.41, 5.74) is 3.54. The van der Waals surface area contributed by atoms with E-state index >= 15 is 0 Å². The number of aryl methyl sites for hydroxylation is 1. The van der Waals surface area contributed by atoms with Gasteiger partial charge in [0.15, 0.2) is 0 Å². The van der Waals surface area contributed by atoms with Crippen LogP contribution in [0.25, 0.3) is 11.6 Å². The highest BCUT2D eigenvalue weighted by Crippen LogP contribution is 2.16. The van der Waals surface area contributed by atoms with Crippen molar-refractivity contribution in [3.63, 3.8) is 0 Å². The van der Waals surface area contributed by atoms with Crippen LogP contribution in [0.4, 0.5) is 0 Å². The Bertz CT molecular complexity index is 1100. The number of nitrogens with zero attached hydrogens (tertiary/aromatic N) is 3. The van der Waals surface area contributed by atoms with Gasteiger partial charge in [0.2, 0.25) is 5.91 Å². The van der Waals surface area contributed by atoms with Crippen molar-refractivity contribution in [1.82, 2.24) is 15.3 Å². The second-order valence-corrected chi connectivity index (χ2v) is 7.28. The highest BCUT2D eigenvalue weighted by molar-refractivity contribution is 6.43. The molecule has 3 N–H and O–H groups in total. The van der Waals surface area contributed by atoms with Crippen LogP contribution in [-0.2, 0) is 17.6 Å². The van der Waals surface area contributed by atoms with Crippen LogP contribution >= 0.6 is 0 Å². The van der Waals surface area contributed by atoms with Crippen molar-refractivity contribution >= 4 is 24.7 Å². The molecule has 3 aromatic rings. The van der Waals surface area contributed by atoms with Crippen LogP contribution < -0.4 is 5.32 Å². The maximum atomic E-state index is 12.4. The van der Waals surface area contributed by atoms with Gasteiger partial charge in [-0.25, -0.2) is 0 Å². The largest absolute Gasteiger partial charge is 0.475 e. The molecule has 0 radical (unpaired) electrons. The number of hydrogen-bond acceptors (Lipinski definition) is 6. The lowest BCUT2D eigenvalue weighted by atomic mass is 9.76. The molecule has 0 aliphatic carbocycles. The fourth-order valence-electron chi connectivity index (χ4n) is 3.24. The molecule has 0 fully saturated rings. The average Bonchev–Trinajstić information content (AvgIpc) is 2.82. The Hall–Kier alpha value is -3.80. The van der Waals surface area contributed by atoms with Crippen molar-refractivity contribution in [3.05, 3.63) is 95.6 Å². The van der Waals surface area contributed by atoms with Gasteiger partial charge < -0.3 is 15.4 Å². The molecule has 1 atom stereocenters. The van der Waals surface area contributed by atoms with Crippen LogP contribution in [-0.4, -0.2) is 39.0 Å². The number of rotatable bonds is 9. The molecule has 0 spiro atoms. The van der Waals surface area contributed by atoms with E-state index in [0.717, 1.165) is 16.7 Å². The number of nitriles is 1. The third kappa shape index (κ3) is 6.88. The van der Waals surface area contributed by atoms with Gasteiger partial charge in [-0.2, -0.15) is 5.26 Å². The van der Waals surface area contributed by atoms with Crippen molar-refractivity contribution < 1.29 is 14.8 Å². The molecule has 3 rings (SSSR count). The normalized spacial score (nSPS) is 12.0. The molecular formula is C24H23BN4O3. The zero-order chi connectivity index (χ0) is 22.8. The van der Waals surface area contributed by atoms with Gasteiger partial charge in [0.05, 0.1) is 23.4 Å². The monoisotopic (exact) mass is 426 g/mol. The minimum absolute atomic E-state index is 0.195. The average molecular weight is 426 g/mol. The van der Waals surface area contributed by atoms with E-state index in [-0.39, 0.29) is 12.3 Å². The lowest BCUT2D eigenvalue weighted by molar-refractivity contribution is -0.121. The Morgan fingerprint density at radius 3 is 2.59 bits per heavy atom. The van der Waals surface area contributed by atoms with Crippen LogP contribution in [0.2, 0.25) is 0 Å². The summed E-state index contributed by atoms with van der Waals surface area (Å²) in [6, 6.07) is 19.0. The quantitative estimate of drug-likeness (QED) is 0.357. The number of carbonyl (C=O) groups is 1. The third-order valence-corrected chi connectivity index (χ3v) is 4.87. The van der Waals surface area contributed by atoms with E-state index < -0.39 is 13.1 Å². The van der Waals surface area contributed by atoms with E-state index in [1.807, 2.05) is 54.6 Å². The minimum atomic E-state index is -1.65. The summed E-state index contributed by atoms with van der Waals surface area (Å²) >= 11 is 0. The second kappa shape index (κ2) is 11.6. The SMILES string of the molecule is N#CC(=Cc1cccc(CCC(=O)NC(Cc2ccccc2)B(O)O)c1)c1cnccn1. The molecule has 0 saturated heterocycles. The number of allylic oxidation sites excluding steroid dienone is 1. The molecule has 1 heterocycles. The smallest absolute Gasteiger partial charge is 0.426 e. The van der Waals surface area contributed by atoms with Gasteiger partial charge in [0, 0.05) is 18.8 Å². The zero-order valence-electron chi connectivity index (χ0n) is 17.4. The number of nitrogens with one attached hydrogen (secondary N) is 1. The molecule has 0 aliphatic heterocycles. The summed E-state index contributed by atoms with van der Waals surface area (Å²) in [6.45, 7) is 0. The van der Waals surface area contributed by atoms with Gasteiger partial charge in [0.1, 0.15) is 6.07 Å². The van der Waals surface area contributed by atoms with Crippen molar-refractivity contribution in [2.75, 3.05) is 0 Å². The van der Waals surface area contributed by atoms with Gasteiger partial charge in [0.25, 0.3) is 0 Å². The molecule has 0 saturated carbocycles. The van der Waals surface area contributed by atoms with E-state index in [1.165, 1.54) is 12.4 Å². The first kappa shape index (κ1) is 22.9. The molecule has 1 amide bonds. The standard InChI is InChI=1S/C24H23BN4O3/c26-16-21(22-17-27-11-12-28-22)14-20-8-4-7-19(13-20)9-10-24(30)29-23(25(31)32)15-18-5-2-1-3-6-18/h1-8,11-14,17,23,31-32H,9-10,15H2,(H,29,30). The predicted octanol–water partition coefficient (Wildman–Crippen LogP) is 2.21. The van der Waals surface area contributed by atoms with Crippen LogP contribution in [0.15, 0.2) is 73.2 Å². The van der Waals surface area contributed by atoms with E-state index in [2.05, 4.69) is 21.4 Å². The molecule has 2 aromatic carbocycles. The van der Waals surface area contributed by atoms with Gasteiger partial charge in [-0.3, -0.25) is 14.8 Å². The Morgan fingerprint density at radius 2 is 1.91 bits per heavy atom. The predicted molar refractivity (Wildman–Crippen MR) is 123 cm³/mol. The highest BCUT2D eigenvalue weighted by atomic mass is 16.4. The Labute approximate surface area is 187 Å². The number of benzene rings is 2. The van der Waals surface area contributed by atoms with Gasteiger partial charge >= 0.3 is 7.12 Å². The van der Waals surface area contributed by atoms with Crippen LogP contribution in [0, 0.1) is 11.3 Å². The maximum Gasteiger partial charge on any atom is 0.475 e. The number of carbonyl (C=O) groups excluding carboxylic acids is 1. The summed E-state index contributed by atoms with van der Waals surface area (Å²) in [5.74, 6) is -1.05. The molecule has 7 nitrogen and oxygen atoms in total. The molecule has 160 valence electrons. The van der Waals surface area contributed by atoms with Crippen molar-refractivity contribution in [2.45, 2.75) is 25.2 Å². The summed E-state index contributed by atoms with van der Waals surface area (Å²) in [6.07, 6.45) is 7.33. The summed E-state index contributed by atoms with van der Waals surface area (Å²) in [4.78, 5) is 20.6. The molecule has 0 bridgehead atoms. The first-order valence-electron chi connectivity index (χ1n) is 10.2.